The summed E-state index contributed by atoms with van der Waals surface area (Å²) in [7, 11) is 3.78. The Morgan fingerprint density at radius 1 is 0.846 bits per heavy atom. The Hall–Kier alpha value is -3.33. The largest absolute Gasteiger partial charge is 0.497 e. The molecule has 126 valence electrons. The fourth-order valence-electron chi connectivity index (χ4n) is 3.85. The van der Waals surface area contributed by atoms with Crippen LogP contribution in [0.5, 0.6) is 5.75 Å². The monoisotopic (exact) mass is 338 g/mol. The van der Waals surface area contributed by atoms with Gasteiger partial charge in [-0.1, -0.05) is 48.5 Å². The molecule has 0 radical (unpaired) electrons. The molecule has 2 aromatic heterocycles. The number of fused-ring (bicyclic) bond motifs is 4. The Kier molecular flexibility index (Phi) is 3.22. The van der Waals surface area contributed by atoms with E-state index in [0.29, 0.717) is 0 Å². The van der Waals surface area contributed by atoms with Gasteiger partial charge in [0.15, 0.2) is 0 Å². The lowest BCUT2D eigenvalue weighted by atomic mass is 9.96. The summed E-state index contributed by atoms with van der Waals surface area (Å²) in [5, 5.41) is 3.51. The number of pyridine rings is 1. The minimum Gasteiger partial charge on any atom is -0.497 e. The van der Waals surface area contributed by atoms with Crippen molar-refractivity contribution in [3.63, 3.8) is 0 Å². The molecule has 3 heteroatoms. The topological polar surface area (TPSA) is 27.1 Å². The molecule has 0 saturated heterocycles. The third-order valence-electron chi connectivity index (χ3n) is 5.09. The summed E-state index contributed by atoms with van der Waals surface area (Å²) < 4.78 is 7.65. The molecule has 0 aliphatic carbocycles. The second-order valence-electron chi connectivity index (χ2n) is 6.51. The lowest BCUT2D eigenvalue weighted by Gasteiger charge is -2.10. The highest BCUT2D eigenvalue weighted by atomic mass is 16.5. The van der Waals surface area contributed by atoms with Crippen LogP contribution >= 0.6 is 0 Å². The van der Waals surface area contributed by atoms with Crippen LogP contribution in [0.1, 0.15) is 0 Å². The average molecular weight is 338 g/mol. The number of aromatic nitrogens is 2. The predicted molar refractivity (Wildman–Crippen MR) is 108 cm³/mol. The van der Waals surface area contributed by atoms with Crippen LogP contribution in [0.15, 0.2) is 72.8 Å². The number of nitrogens with zero attached hydrogens (tertiary/aromatic N) is 2. The first kappa shape index (κ1) is 15.0. The minimum atomic E-state index is 0.858. The summed E-state index contributed by atoms with van der Waals surface area (Å²) in [4.78, 5) is 4.98. The molecule has 5 aromatic rings. The van der Waals surface area contributed by atoms with Crippen molar-refractivity contribution in [1.82, 2.24) is 9.55 Å². The molecule has 0 amide bonds. The summed E-state index contributed by atoms with van der Waals surface area (Å²) >= 11 is 0. The van der Waals surface area contributed by atoms with Gasteiger partial charge in [-0.15, -0.1) is 0 Å². The van der Waals surface area contributed by atoms with Gasteiger partial charge in [0.1, 0.15) is 11.4 Å². The van der Waals surface area contributed by atoms with E-state index in [1.807, 2.05) is 12.1 Å². The zero-order valence-corrected chi connectivity index (χ0v) is 14.7. The Morgan fingerprint density at radius 3 is 2.42 bits per heavy atom. The molecule has 0 aliphatic heterocycles. The Morgan fingerprint density at radius 2 is 1.62 bits per heavy atom. The van der Waals surface area contributed by atoms with Crippen molar-refractivity contribution in [1.29, 1.82) is 0 Å². The number of para-hydroxylation sites is 1. The Labute approximate surface area is 151 Å². The van der Waals surface area contributed by atoms with Crippen molar-refractivity contribution < 1.29 is 4.74 Å². The maximum absolute atomic E-state index is 5.48. The third kappa shape index (κ3) is 2.04. The first-order chi connectivity index (χ1) is 12.8. The lowest BCUT2D eigenvalue weighted by Crippen LogP contribution is -1.92. The molecule has 0 atom stereocenters. The normalized spacial score (nSPS) is 11.5. The fraction of sp³-hybridized carbons (Fsp3) is 0.0870. The first-order valence-corrected chi connectivity index (χ1v) is 8.68. The predicted octanol–water partition coefficient (Wildman–Crippen LogP) is 5.56. The van der Waals surface area contributed by atoms with E-state index in [2.05, 4.69) is 72.3 Å². The zero-order chi connectivity index (χ0) is 17.7. The van der Waals surface area contributed by atoms with Gasteiger partial charge in [0.2, 0.25) is 0 Å². The molecular weight excluding hydrogens is 320 g/mol. The van der Waals surface area contributed by atoms with Crippen LogP contribution in [0.2, 0.25) is 0 Å². The Bertz CT molecular complexity index is 1270. The number of hydrogen-bond acceptors (Lipinski definition) is 2. The van der Waals surface area contributed by atoms with E-state index < -0.39 is 0 Å². The van der Waals surface area contributed by atoms with Crippen LogP contribution in [0.4, 0.5) is 0 Å². The number of benzene rings is 3. The summed E-state index contributed by atoms with van der Waals surface area (Å²) in [6.07, 6.45) is 0. The van der Waals surface area contributed by atoms with Crippen LogP contribution in [0, 0.1) is 0 Å². The molecule has 26 heavy (non-hydrogen) atoms. The van der Waals surface area contributed by atoms with Gasteiger partial charge < -0.3 is 9.30 Å². The molecule has 0 unspecified atom stereocenters. The number of methoxy groups -OCH3 is 1. The molecular formula is C23H18N2O. The number of hydrogen-bond donors (Lipinski definition) is 0. The van der Waals surface area contributed by atoms with E-state index in [0.717, 1.165) is 22.4 Å². The first-order valence-electron chi connectivity index (χ1n) is 8.68. The van der Waals surface area contributed by atoms with Gasteiger partial charge in [-0.25, -0.2) is 4.98 Å². The van der Waals surface area contributed by atoms with Crippen LogP contribution in [-0.2, 0) is 7.05 Å². The van der Waals surface area contributed by atoms with Crippen LogP contribution in [0.3, 0.4) is 0 Å². The van der Waals surface area contributed by atoms with Gasteiger partial charge in [-0.05, 0) is 29.8 Å². The van der Waals surface area contributed by atoms with Gasteiger partial charge in [0, 0.05) is 28.8 Å². The molecule has 0 bridgehead atoms. The van der Waals surface area contributed by atoms with Crippen LogP contribution in [0.25, 0.3) is 44.0 Å². The van der Waals surface area contributed by atoms with Crippen molar-refractivity contribution in [2.45, 2.75) is 0 Å². The molecule has 0 saturated carbocycles. The SMILES string of the molecule is COc1ccc2c(c1)c1c(-c3ccccc3)c3ccccc3nc1n2C. The second-order valence-corrected chi connectivity index (χ2v) is 6.51. The smallest absolute Gasteiger partial charge is 0.142 e. The molecule has 3 aromatic carbocycles. The highest BCUT2D eigenvalue weighted by Crippen LogP contribution is 2.40. The van der Waals surface area contributed by atoms with E-state index in [1.165, 1.54) is 27.3 Å². The van der Waals surface area contributed by atoms with E-state index in [4.69, 9.17) is 9.72 Å². The third-order valence-corrected chi connectivity index (χ3v) is 5.09. The fourth-order valence-corrected chi connectivity index (χ4v) is 3.85. The van der Waals surface area contributed by atoms with E-state index in [9.17, 15) is 0 Å². The van der Waals surface area contributed by atoms with Crippen molar-refractivity contribution in [2.24, 2.45) is 7.05 Å². The molecule has 3 nitrogen and oxygen atoms in total. The highest BCUT2D eigenvalue weighted by molar-refractivity contribution is 6.20. The molecule has 0 N–H and O–H groups in total. The standard InChI is InChI=1S/C23H18N2O/c1-25-20-13-12-16(26-2)14-18(20)22-21(15-8-4-3-5-9-15)17-10-6-7-11-19(17)24-23(22)25/h3-14H,1-2H3. The highest BCUT2D eigenvalue weighted by Gasteiger charge is 2.18. The second kappa shape index (κ2) is 5.60. The van der Waals surface area contributed by atoms with E-state index >= 15 is 0 Å². The van der Waals surface area contributed by atoms with Crippen molar-refractivity contribution >= 4 is 32.8 Å². The van der Waals surface area contributed by atoms with Crippen molar-refractivity contribution in [2.75, 3.05) is 7.11 Å². The maximum Gasteiger partial charge on any atom is 0.142 e. The number of aryl methyl sites for hydroxylation is 1. The summed E-state index contributed by atoms with van der Waals surface area (Å²) in [5.41, 5.74) is 5.58. The quantitative estimate of drug-likeness (QED) is 0.421. The van der Waals surface area contributed by atoms with E-state index in [-0.39, 0.29) is 0 Å². The van der Waals surface area contributed by atoms with Crippen LogP contribution < -0.4 is 4.74 Å². The molecule has 5 rings (SSSR count). The summed E-state index contributed by atoms with van der Waals surface area (Å²) in [5.74, 6) is 0.858. The minimum absolute atomic E-state index is 0.858. The molecule has 2 heterocycles. The zero-order valence-electron chi connectivity index (χ0n) is 14.7. The van der Waals surface area contributed by atoms with Gasteiger partial charge in [-0.3, -0.25) is 0 Å². The summed E-state index contributed by atoms with van der Waals surface area (Å²) in [6, 6.07) is 25.1. The van der Waals surface area contributed by atoms with Gasteiger partial charge in [-0.2, -0.15) is 0 Å². The van der Waals surface area contributed by atoms with Crippen molar-refractivity contribution in [3.8, 4) is 16.9 Å². The summed E-state index contributed by atoms with van der Waals surface area (Å²) in [6.45, 7) is 0. The van der Waals surface area contributed by atoms with Gasteiger partial charge >= 0.3 is 0 Å². The molecule has 0 spiro atoms. The Balaban J connectivity index is 2.08. The number of rotatable bonds is 2. The van der Waals surface area contributed by atoms with E-state index in [1.54, 1.807) is 7.11 Å². The lowest BCUT2D eigenvalue weighted by molar-refractivity contribution is 0.415. The average Bonchev–Trinajstić information content (AvgIpc) is 2.98. The maximum atomic E-state index is 5.48. The molecule has 0 aliphatic rings. The van der Waals surface area contributed by atoms with Crippen molar-refractivity contribution in [3.05, 3.63) is 72.8 Å². The van der Waals surface area contributed by atoms with Gasteiger partial charge in [0.25, 0.3) is 0 Å². The van der Waals surface area contributed by atoms with Crippen LogP contribution in [-0.4, -0.2) is 16.7 Å². The number of ether oxygens (including phenoxy) is 1. The van der Waals surface area contributed by atoms with Gasteiger partial charge in [0.05, 0.1) is 18.1 Å². The molecule has 0 fully saturated rings.